The topological polar surface area (TPSA) is 63.3 Å². The van der Waals surface area contributed by atoms with Gasteiger partial charge in [0.25, 0.3) is 0 Å². The van der Waals surface area contributed by atoms with E-state index in [1.54, 1.807) is 6.92 Å². The number of primary amides is 1. The van der Waals surface area contributed by atoms with Crippen LogP contribution < -0.4 is 5.73 Å². The smallest absolute Gasteiger partial charge is 0.217 e. The summed E-state index contributed by atoms with van der Waals surface area (Å²) in [4.78, 5) is 10.7. The van der Waals surface area contributed by atoms with Gasteiger partial charge in [-0.05, 0) is 23.6 Å². The zero-order valence-corrected chi connectivity index (χ0v) is 8.48. The molecule has 82 valence electrons. The second kappa shape index (κ2) is 4.89. The second-order valence-corrected chi connectivity index (χ2v) is 3.64. The van der Waals surface area contributed by atoms with Crippen LogP contribution in [0.25, 0.3) is 0 Å². The Morgan fingerprint density at radius 1 is 1.47 bits per heavy atom. The number of benzene rings is 1. The Bertz CT molecular complexity index is 337. The van der Waals surface area contributed by atoms with E-state index in [9.17, 15) is 14.3 Å². The van der Waals surface area contributed by atoms with E-state index < -0.39 is 12.0 Å². The molecule has 2 atom stereocenters. The van der Waals surface area contributed by atoms with Crippen molar-refractivity contribution in [2.45, 2.75) is 19.4 Å². The third kappa shape index (κ3) is 3.32. The van der Waals surface area contributed by atoms with Crippen LogP contribution in [0.5, 0.6) is 0 Å². The summed E-state index contributed by atoms with van der Waals surface area (Å²) in [7, 11) is 0. The molecule has 0 aliphatic carbocycles. The van der Waals surface area contributed by atoms with Gasteiger partial charge in [-0.2, -0.15) is 0 Å². The van der Waals surface area contributed by atoms with E-state index in [4.69, 9.17) is 5.73 Å². The maximum absolute atomic E-state index is 12.6. The zero-order valence-electron chi connectivity index (χ0n) is 8.48. The predicted octanol–water partition coefficient (Wildman–Crippen LogP) is 1.37. The fourth-order valence-electron chi connectivity index (χ4n) is 1.42. The largest absolute Gasteiger partial charge is 0.388 e. The molecule has 0 unspecified atom stereocenters. The number of hydrogen-bond donors (Lipinski definition) is 2. The monoisotopic (exact) mass is 211 g/mol. The average Bonchev–Trinajstić information content (AvgIpc) is 2.17. The molecule has 0 saturated carbocycles. The van der Waals surface area contributed by atoms with Gasteiger partial charge in [-0.3, -0.25) is 4.79 Å². The van der Waals surface area contributed by atoms with Crippen molar-refractivity contribution in [1.82, 2.24) is 0 Å². The van der Waals surface area contributed by atoms with E-state index in [0.29, 0.717) is 5.56 Å². The van der Waals surface area contributed by atoms with Gasteiger partial charge in [-0.1, -0.05) is 19.1 Å². The molecule has 0 saturated heterocycles. The predicted molar refractivity (Wildman–Crippen MR) is 54.3 cm³/mol. The molecule has 0 aliphatic heterocycles. The van der Waals surface area contributed by atoms with Crippen LogP contribution in [0.1, 0.15) is 25.0 Å². The van der Waals surface area contributed by atoms with Crippen LogP contribution in [0.15, 0.2) is 24.3 Å². The number of carbonyl (C=O) groups is 1. The van der Waals surface area contributed by atoms with Gasteiger partial charge in [0, 0.05) is 6.42 Å². The summed E-state index contributed by atoms with van der Waals surface area (Å²) in [5.74, 6) is -1.08. The summed E-state index contributed by atoms with van der Waals surface area (Å²) in [6.07, 6.45) is -0.684. The third-order valence-corrected chi connectivity index (χ3v) is 2.27. The van der Waals surface area contributed by atoms with Crippen LogP contribution in [0, 0.1) is 11.7 Å². The molecule has 0 radical (unpaired) electrons. The highest BCUT2D eigenvalue weighted by Crippen LogP contribution is 2.23. The first-order valence-corrected chi connectivity index (χ1v) is 4.72. The molecule has 4 heteroatoms. The normalized spacial score (nSPS) is 14.6. The van der Waals surface area contributed by atoms with Gasteiger partial charge in [-0.25, -0.2) is 4.39 Å². The van der Waals surface area contributed by atoms with Gasteiger partial charge in [0.05, 0.1) is 6.10 Å². The summed E-state index contributed by atoms with van der Waals surface area (Å²) in [6, 6.07) is 5.54. The fourth-order valence-corrected chi connectivity index (χ4v) is 1.42. The Kier molecular flexibility index (Phi) is 3.80. The van der Waals surface area contributed by atoms with Crippen LogP contribution in [0.3, 0.4) is 0 Å². The van der Waals surface area contributed by atoms with Crippen LogP contribution in [-0.4, -0.2) is 11.0 Å². The summed E-state index contributed by atoms with van der Waals surface area (Å²) < 4.78 is 12.6. The van der Waals surface area contributed by atoms with E-state index in [0.717, 1.165) is 0 Å². The van der Waals surface area contributed by atoms with E-state index >= 15 is 0 Å². The second-order valence-electron chi connectivity index (χ2n) is 3.64. The molecular weight excluding hydrogens is 197 g/mol. The number of aliphatic hydroxyl groups excluding tert-OH is 1. The maximum atomic E-state index is 12.6. The molecule has 1 rings (SSSR count). The van der Waals surface area contributed by atoms with Crippen LogP contribution in [0.2, 0.25) is 0 Å². The highest BCUT2D eigenvalue weighted by molar-refractivity contribution is 5.74. The van der Waals surface area contributed by atoms with Gasteiger partial charge >= 0.3 is 0 Å². The SMILES string of the molecule is C[C@H](CC(N)=O)[C@@H](O)c1ccc(F)cc1. The van der Waals surface area contributed by atoms with Crippen molar-refractivity contribution in [1.29, 1.82) is 0 Å². The van der Waals surface area contributed by atoms with E-state index in [1.165, 1.54) is 24.3 Å². The first-order chi connectivity index (χ1) is 7.00. The molecular formula is C11H14FNO2. The first-order valence-electron chi connectivity index (χ1n) is 4.72. The van der Waals surface area contributed by atoms with E-state index in [-0.39, 0.29) is 18.2 Å². The van der Waals surface area contributed by atoms with Crippen molar-refractivity contribution >= 4 is 5.91 Å². The van der Waals surface area contributed by atoms with Crippen molar-refractivity contribution in [3.8, 4) is 0 Å². The molecule has 15 heavy (non-hydrogen) atoms. The van der Waals surface area contributed by atoms with E-state index in [2.05, 4.69) is 0 Å². The number of halogens is 1. The molecule has 1 aromatic carbocycles. The van der Waals surface area contributed by atoms with Gasteiger partial charge in [-0.15, -0.1) is 0 Å². The Morgan fingerprint density at radius 3 is 2.47 bits per heavy atom. The van der Waals surface area contributed by atoms with Crippen LogP contribution >= 0.6 is 0 Å². The average molecular weight is 211 g/mol. The Balaban J connectivity index is 2.71. The number of amides is 1. The highest BCUT2D eigenvalue weighted by Gasteiger charge is 2.18. The summed E-state index contributed by atoms with van der Waals surface area (Å²) in [6.45, 7) is 1.72. The lowest BCUT2D eigenvalue weighted by molar-refractivity contribution is -0.119. The first kappa shape index (κ1) is 11.7. The lowest BCUT2D eigenvalue weighted by Crippen LogP contribution is -2.19. The van der Waals surface area contributed by atoms with Gasteiger partial charge in [0.2, 0.25) is 5.91 Å². The quantitative estimate of drug-likeness (QED) is 0.790. The number of carbonyl (C=O) groups excluding carboxylic acids is 1. The minimum absolute atomic E-state index is 0.110. The summed E-state index contributed by atoms with van der Waals surface area (Å²) in [5, 5.41) is 9.80. The van der Waals surface area contributed by atoms with E-state index in [1.807, 2.05) is 0 Å². The van der Waals surface area contributed by atoms with Gasteiger partial charge in [0.15, 0.2) is 0 Å². The molecule has 0 spiro atoms. The van der Waals surface area contributed by atoms with Crippen molar-refractivity contribution < 1.29 is 14.3 Å². The minimum atomic E-state index is -0.793. The number of rotatable bonds is 4. The Hall–Kier alpha value is -1.42. The highest BCUT2D eigenvalue weighted by atomic mass is 19.1. The molecule has 1 aromatic rings. The fraction of sp³-hybridized carbons (Fsp3) is 0.364. The molecule has 0 heterocycles. The van der Waals surface area contributed by atoms with Crippen LogP contribution in [-0.2, 0) is 4.79 Å². The Labute approximate surface area is 87.7 Å². The third-order valence-electron chi connectivity index (χ3n) is 2.27. The summed E-state index contributed by atoms with van der Waals surface area (Å²) >= 11 is 0. The lowest BCUT2D eigenvalue weighted by atomic mass is 9.94. The zero-order chi connectivity index (χ0) is 11.4. The molecule has 3 nitrogen and oxygen atoms in total. The standard InChI is InChI=1S/C11H14FNO2/c1-7(6-10(13)14)11(15)8-2-4-9(12)5-3-8/h2-5,7,11,15H,6H2,1H3,(H2,13,14)/t7-,11-/m1/s1. The van der Waals surface area contributed by atoms with Crippen molar-refractivity contribution in [3.05, 3.63) is 35.6 Å². The van der Waals surface area contributed by atoms with Crippen molar-refractivity contribution in [2.75, 3.05) is 0 Å². The molecule has 3 N–H and O–H groups in total. The lowest BCUT2D eigenvalue weighted by Gasteiger charge is -2.17. The summed E-state index contributed by atoms with van der Waals surface area (Å²) in [5.41, 5.74) is 5.61. The maximum Gasteiger partial charge on any atom is 0.217 e. The van der Waals surface area contributed by atoms with Crippen molar-refractivity contribution in [2.24, 2.45) is 11.7 Å². The number of nitrogens with two attached hydrogens (primary N) is 1. The van der Waals surface area contributed by atoms with Crippen LogP contribution in [0.4, 0.5) is 4.39 Å². The molecule has 0 aliphatic rings. The number of aliphatic hydroxyl groups is 1. The van der Waals surface area contributed by atoms with Gasteiger partial charge in [0.1, 0.15) is 5.82 Å². The van der Waals surface area contributed by atoms with Crippen molar-refractivity contribution in [3.63, 3.8) is 0 Å². The molecule has 0 fully saturated rings. The number of hydrogen-bond acceptors (Lipinski definition) is 2. The Morgan fingerprint density at radius 2 is 2.00 bits per heavy atom. The van der Waals surface area contributed by atoms with Gasteiger partial charge < -0.3 is 10.8 Å². The molecule has 1 amide bonds. The minimum Gasteiger partial charge on any atom is -0.388 e. The molecule has 0 bridgehead atoms. The molecule has 0 aromatic heterocycles.